The van der Waals surface area contributed by atoms with Crippen LogP contribution in [0, 0.1) is 6.92 Å². The minimum atomic E-state index is -0.264. The fourth-order valence-electron chi connectivity index (χ4n) is 3.87. The van der Waals surface area contributed by atoms with Crippen LogP contribution in [0.3, 0.4) is 0 Å². The molecule has 4 rings (SSSR count). The van der Waals surface area contributed by atoms with E-state index >= 15 is 0 Å². The molecule has 0 aliphatic rings. The first kappa shape index (κ1) is 24.0. The molecule has 4 aromatic rings. The summed E-state index contributed by atoms with van der Waals surface area (Å²) in [6.07, 6.45) is 4.97. The third kappa shape index (κ3) is 5.50. The van der Waals surface area contributed by atoms with Crippen molar-refractivity contribution >= 4 is 39.8 Å². The number of fused-ring (bicyclic) bond motifs is 1. The highest BCUT2D eigenvalue weighted by Crippen LogP contribution is 2.33. The number of likely N-dealkylation sites (N-methyl/N-ethyl adjacent to an activating group) is 2. The molecule has 2 aromatic carbocycles. The highest BCUT2D eigenvalue weighted by molar-refractivity contribution is 6.02. The number of aryl methyl sites for hydroxylation is 1. The molecule has 2 aromatic heterocycles. The van der Waals surface area contributed by atoms with Crippen molar-refractivity contribution in [1.29, 1.82) is 0 Å². The predicted molar refractivity (Wildman–Crippen MR) is 144 cm³/mol. The van der Waals surface area contributed by atoms with E-state index in [1.165, 1.54) is 6.08 Å². The van der Waals surface area contributed by atoms with Gasteiger partial charge in [0.15, 0.2) is 0 Å². The number of nitrogens with one attached hydrogen (secondary N) is 3. The number of para-hydroxylation sites is 1. The second-order valence-corrected chi connectivity index (χ2v) is 8.74. The third-order valence-corrected chi connectivity index (χ3v) is 5.85. The van der Waals surface area contributed by atoms with Crippen LogP contribution in [-0.4, -0.2) is 60.0 Å². The van der Waals surface area contributed by atoms with Crippen LogP contribution in [0.4, 0.5) is 23.0 Å². The summed E-state index contributed by atoms with van der Waals surface area (Å²) in [5.41, 5.74) is 6.33. The third-order valence-electron chi connectivity index (χ3n) is 5.85. The highest BCUT2D eigenvalue weighted by Gasteiger charge is 2.15. The van der Waals surface area contributed by atoms with Crippen LogP contribution in [0.25, 0.3) is 22.2 Å². The minimum absolute atomic E-state index is 0.264. The number of nitrogens with zero attached hydrogens (tertiary/aromatic N) is 4. The zero-order chi connectivity index (χ0) is 24.9. The van der Waals surface area contributed by atoms with Crippen molar-refractivity contribution in [2.45, 2.75) is 6.92 Å². The first-order valence-corrected chi connectivity index (χ1v) is 11.5. The molecule has 0 saturated carbocycles. The minimum Gasteiger partial charge on any atom is -0.372 e. The van der Waals surface area contributed by atoms with Crippen molar-refractivity contribution in [3.8, 4) is 11.3 Å². The number of amides is 1. The Bertz CT molecular complexity index is 1360. The van der Waals surface area contributed by atoms with Crippen molar-refractivity contribution < 1.29 is 4.79 Å². The number of aromatic nitrogens is 3. The van der Waals surface area contributed by atoms with Crippen LogP contribution >= 0.6 is 0 Å². The van der Waals surface area contributed by atoms with E-state index < -0.39 is 0 Å². The molecule has 0 atom stereocenters. The highest BCUT2D eigenvalue weighted by atomic mass is 16.1. The Labute approximate surface area is 205 Å². The summed E-state index contributed by atoms with van der Waals surface area (Å²) in [6, 6.07) is 14.0. The van der Waals surface area contributed by atoms with Gasteiger partial charge in [-0.25, -0.2) is 9.97 Å². The number of benzene rings is 2. The van der Waals surface area contributed by atoms with Gasteiger partial charge in [0.25, 0.3) is 0 Å². The molecular weight excluding hydrogens is 438 g/mol. The van der Waals surface area contributed by atoms with Gasteiger partial charge in [0.1, 0.15) is 0 Å². The smallest absolute Gasteiger partial charge is 0.247 e. The first-order chi connectivity index (χ1) is 16.9. The molecule has 0 radical (unpaired) electrons. The average molecular weight is 470 g/mol. The van der Waals surface area contributed by atoms with E-state index in [-0.39, 0.29) is 5.91 Å². The van der Waals surface area contributed by atoms with Crippen molar-refractivity contribution in [2.75, 3.05) is 49.8 Å². The molecule has 0 fully saturated rings. The summed E-state index contributed by atoms with van der Waals surface area (Å²) in [5.74, 6) is 0.213. The quantitative estimate of drug-likeness (QED) is 0.305. The zero-order valence-corrected chi connectivity index (χ0v) is 20.6. The molecule has 2 heterocycles. The molecular formula is C27H31N7O. The van der Waals surface area contributed by atoms with Gasteiger partial charge in [-0.15, -0.1) is 0 Å². The van der Waals surface area contributed by atoms with Gasteiger partial charge >= 0.3 is 0 Å². The fourth-order valence-corrected chi connectivity index (χ4v) is 3.87. The Hall–Kier alpha value is -4.17. The summed E-state index contributed by atoms with van der Waals surface area (Å²) >= 11 is 0. The van der Waals surface area contributed by atoms with Crippen LogP contribution in [0.2, 0.25) is 0 Å². The Morgan fingerprint density at radius 3 is 2.69 bits per heavy atom. The molecule has 1 amide bonds. The molecule has 3 N–H and O–H groups in total. The lowest BCUT2D eigenvalue weighted by Crippen LogP contribution is -2.29. The molecule has 0 bridgehead atoms. The molecule has 8 heteroatoms. The number of anilines is 4. The summed E-state index contributed by atoms with van der Waals surface area (Å²) in [7, 11) is 6.09. The van der Waals surface area contributed by atoms with E-state index in [9.17, 15) is 4.79 Å². The van der Waals surface area contributed by atoms with Gasteiger partial charge in [0.2, 0.25) is 11.9 Å². The van der Waals surface area contributed by atoms with Crippen LogP contribution in [0.15, 0.2) is 67.5 Å². The number of aromatic amines is 1. The molecule has 180 valence electrons. The molecule has 0 aliphatic heterocycles. The second-order valence-electron chi connectivity index (χ2n) is 8.74. The van der Waals surface area contributed by atoms with Gasteiger partial charge in [-0.1, -0.05) is 24.8 Å². The number of carbonyl (C=O) groups excluding carboxylic acids is 1. The number of rotatable bonds is 9. The van der Waals surface area contributed by atoms with Gasteiger partial charge in [-0.2, -0.15) is 0 Å². The summed E-state index contributed by atoms with van der Waals surface area (Å²) in [4.78, 5) is 28.9. The maximum absolute atomic E-state index is 12.2. The van der Waals surface area contributed by atoms with Crippen LogP contribution in [-0.2, 0) is 4.79 Å². The Morgan fingerprint density at radius 1 is 1.11 bits per heavy atom. The van der Waals surface area contributed by atoms with Gasteiger partial charge in [-0.3, -0.25) is 4.79 Å². The van der Waals surface area contributed by atoms with Gasteiger partial charge < -0.3 is 25.4 Å². The van der Waals surface area contributed by atoms with Gasteiger partial charge in [0.05, 0.1) is 17.1 Å². The maximum atomic E-state index is 12.2. The molecule has 8 nitrogen and oxygen atoms in total. The van der Waals surface area contributed by atoms with Crippen molar-refractivity contribution in [3.63, 3.8) is 0 Å². The summed E-state index contributed by atoms with van der Waals surface area (Å²) < 4.78 is 0. The SMILES string of the molecule is C=CC(=O)Nc1cc(Nc2nccc(-c3c[nH]c4ccccc34)n2)c(C)cc1N(C)CCN(C)C. The molecule has 0 saturated heterocycles. The first-order valence-electron chi connectivity index (χ1n) is 11.5. The van der Waals surface area contributed by atoms with E-state index in [1.807, 2.05) is 64.6 Å². The fraction of sp³-hybridized carbons (Fsp3) is 0.222. The average Bonchev–Trinajstić information content (AvgIpc) is 3.28. The molecule has 0 spiro atoms. The van der Waals surface area contributed by atoms with E-state index in [1.54, 1.807) is 6.20 Å². The van der Waals surface area contributed by atoms with E-state index in [2.05, 4.69) is 49.1 Å². The largest absolute Gasteiger partial charge is 0.372 e. The van der Waals surface area contributed by atoms with Crippen LogP contribution < -0.4 is 15.5 Å². The normalized spacial score (nSPS) is 11.0. The lowest BCUT2D eigenvalue weighted by atomic mass is 10.1. The van der Waals surface area contributed by atoms with Crippen molar-refractivity contribution in [3.05, 3.63) is 73.1 Å². The van der Waals surface area contributed by atoms with E-state index in [0.29, 0.717) is 11.6 Å². The summed E-state index contributed by atoms with van der Waals surface area (Å²) in [5, 5.41) is 7.38. The number of H-pyrrole nitrogens is 1. The molecule has 0 unspecified atom stereocenters. The molecule has 0 aliphatic carbocycles. The predicted octanol–water partition coefficient (Wildman–Crippen LogP) is 4.80. The van der Waals surface area contributed by atoms with E-state index in [4.69, 9.17) is 4.98 Å². The van der Waals surface area contributed by atoms with Gasteiger partial charge in [-0.05, 0) is 56.9 Å². The topological polar surface area (TPSA) is 89.2 Å². The maximum Gasteiger partial charge on any atom is 0.247 e. The number of hydrogen-bond acceptors (Lipinski definition) is 6. The summed E-state index contributed by atoms with van der Waals surface area (Å²) in [6.45, 7) is 7.30. The number of hydrogen-bond donors (Lipinski definition) is 3. The van der Waals surface area contributed by atoms with Crippen LogP contribution in [0.1, 0.15) is 5.56 Å². The monoisotopic (exact) mass is 469 g/mol. The Balaban J connectivity index is 1.66. The second kappa shape index (κ2) is 10.4. The van der Waals surface area contributed by atoms with E-state index in [0.717, 1.165) is 52.2 Å². The zero-order valence-electron chi connectivity index (χ0n) is 20.6. The lowest BCUT2D eigenvalue weighted by molar-refractivity contribution is -0.111. The Morgan fingerprint density at radius 2 is 1.91 bits per heavy atom. The van der Waals surface area contributed by atoms with Crippen LogP contribution in [0.5, 0.6) is 0 Å². The number of carbonyl (C=O) groups is 1. The standard InChI is InChI=1S/C27H31N7O/c1-6-26(35)30-24-16-23(18(2)15-25(24)34(5)14-13-33(3)4)32-27-28-12-11-22(31-27)20-17-29-21-10-8-7-9-19(20)21/h6-12,15-17,29H,1,13-14H2,2-5H3,(H,30,35)(H,28,31,32). The molecule has 35 heavy (non-hydrogen) atoms. The Kier molecular flexibility index (Phi) is 7.12. The van der Waals surface area contributed by atoms with Crippen molar-refractivity contribution in [2.24, 2.45) is 0 Å². The van der Waals surface area contributed by atoms with Crippen molar-refractivity contribution in [1.82, 2.24) is 19.9 Å². The lowest BCUT2D eigenvalue weighted by Gasteiger charge is -2.25. The van der Waals surface area contributed by atoms with Gasteiger partial charge in [0, 0.05) is 54.7 Å².